The van der Waals surface area contributed by atoms with Crippen LogP contribution >= 0.6 is 23.2 Å². The van der Waals surface area contributed by atoms with Crippen LogP contribution < -0.4 is 10.6 Å². The van der Waals surface area contributed by atoms with Crippen LogP contribution in [0.15, 0.2) is 0 Å². The highest BCUT2D eigenvalue weighted by atomic mass is 35.5. The van der Waals surface area contributed by atoms with E-state index < -0.39 is 10.7 Å². The molecule has 124 valence electrons. The van der Waals surface area contributed by atoms with Crippen molar-refractivity contribution in [2.75, 3.05) is 13.1 Å². The summed E-state index contributed by atoms with van der Waals surface area (Å²) in [6.07, 6.45) is 8.55. The maximum atomic E-state index is 12.2. The fraction of sp³-hybridized carbons (Fsp3) is 0.875. The highest BCUT2D eigenvalue weighted by Gasteiger charge is 2.51. The van der Waals surface area contributed by atoms with Crippen LogP contribution in [0.25, 0.3) is 0 Å². The molecule has 0 aromatic heterocycles. The molecule has 6 heteroatoms. The van der Waals surface area contributed by atoms with Gasteiger partial charge in [0, 0.05) is 19.5 Å². The Morgan fingerprint density at radius 2 is 1.45 bits per heavy atom. The smallest absolute Gasteiger partial charge is 0.253 e. The third-order valence-electron chi connectivity index (χ3n) is 5.65. The van der Waals surface area contributed by atoms with Gasteiger partial charge in [0.05, 0.1) is 0 Å². The molecule has 4 aliphatic carbocycles. The van der Waals surface area contributed by atoms with Gasteiger partial charge in [-0.2, -0.15) is 0 Å². The largest absolute Gasteiger partial charge is 0.354 e. The lowest BCUT2D eigenvalue weighted by molar-refractivity contribution is -0.129. The number of halogens is 2. The Hall–Kier alpha value is -0.480. The number of nitrogens with one attached hydrogen (secondary N) is 2. The molecule has 0 heterocycles. The van der Waals surface area contributed by atoms with Gasteiger partial charge in [0.1, 0.15) is 0 Å². The minimum Gasteiger partial charge on any atom is -0.354 e. The number of alkyl halides is 2. The van der Waals surface area contributed by atoms with Crippen molar-refractivity contribution in [2.24, 2.45) is 23.2 Å². The quantitative estimate of drug-likeness (QED) is 0.573. The van der Waals surface area contributed by atoms with Crippen molar-refractivity contribution in [3.63, 3.8) is 0 Å². The Labute approximate surface area is 141 Å². The molecule has 4 nitrogen and oxygen atoms in total. The second kappa shape index (κ2) is 6.56. The summed E-state index contributed by atoms with van der Waals surface area (Å²) in [5.41, 5.74) is 0.263. The molecule has 0 aromatic rings. The van der Waals surface area contributed by atoms with Gasteiger partial charge in [-0.15, -0.1) is 0 Å². The maximum absolute atomic E-state index is 12.2. The lowest BCUT2D eigenvalue weighted by Gasteiger charge is -2.56. The van der Waals surface area contributed by atoms with Crippen LogP contribution in [0.3, 0.4) is 0 Å². The van der Waals surface area contributed by atoms with Crippen LogP contribution in [0.4, 0.5) is 0 Å². The first-order chi connectivity index (χ1) is 10.5. The summed E-state index contributed by atoms with van der Waals surface area (Å²) in [5, 5.41) is 5.49. The monoisotopic (exact) mass is 346 g/mol. The van der Waals surface area contributed by atoms with Crippen LogP contribution in [-0.4, -0.2) is 29.7 Å². The number of hydrogen-bond donors (Lipinski definition) is 2. The Kier molecular flexibility index (Phi) is 4.89. The van der Waals surface area contributed by atoms with Crippen molar-refractivity contribution >= 4 is 35.0 Å². The lowest BCUT2D eigenvalue weighted by Crippen LogP contribution is -2.48. The molecule has 0 aliphatic heterocycles. The summed E-state index contributed by atoms with van der Waals surface area (Å²) < 4.78 is 0. The number of amides is 2. The second-order valence-electron chi connectivity index (χ2n) is 7.54. The molecule has 2 N–H and O–H groups in total. The zero-order chi connectivity index (χ0) is 15.7. The van der Waals surface area contributed by atoms with E-state index in [1.807, 2.05) is 0 Å². The molecule has 4 bridgehead atoms. The molecule has 4 rings (SSSR count). The van der Waals surface area contributed by atoms with Gasteiger partial charge in [0.25, 0.3) is 5.91 Å². The Morgan fingerprint density at radius 3 is 1.95 bits per heavy atom. The van der Waals surface area contributed by atoms with Crippen LogP contribution in [0.1, 0.15) is 44.9 Å². The van der Waals surface area contributed by atoms with Gasteiger partial charge in [0.15, 0.2) is 4.84 Å². The zero-order valence-corrected chi connectivity index (χ0v) is 14.3. The third kappa shape index (κ3) is 3.70. The average molecular weight is 347 g/mol. The summed E-state index contributed by atoms with van der Waals surface area (Å²) >= 11 is 10.9. The van der Waals surface area contributed by atoms with Crippen LogP contribution in [-0.2, 0) is 9.59 Å². The van der Waals surface area contributed by atoms with E-state index >= 15 is 0 Å². The Morgan fingerprint density at radius 1 is 0.955 bits per heavy atom. The first-order valence-corrected chi connectivity index (χ1v) is 9.16. The van der Waals surface area contributed by atoms with Crippen LogP contribution in [0, 0.1) is 23.2 Å². The molecule has 4 fully saturated rings. The molecular formula is C16H24Cl2N2O2. The lowest BCUT2D eigenvalue weighted by atomic mass is 9.49. The van der Waals surface area contributed by atoms with Crippen LogP contribution in [0.2, 0.25) is 0 Å². The molecule has 2 amide bonds. The maximum Gasteiger partial charge on any atom is 0.253 e. The minimum absolute atomic E-state index is 0.115. The molecule has 0 aromatic carbocycles. The van der Waals surface area contributed by atoms with Crippen molar-refractivity contribution in [3.05, 3.63) is 0 Å². The van der Waals surface area contributed by atoms with Crippen molar-refractivity contribution in [3.8, 4) is 0 Å². The molecule has 22 heavy (non-hydrogen) atoms. The Bertz CT molecular complexity index is 418. The third-order valence-corrected chi connectivity index (χ3v) is 6.04. The highest BCUT2D eigenvalue weighted by Crippen LogP contribution is 2.61. The van der Waals surface area contributed by atoms with E-state index in [2.05, 4.69) is 10.6 Å². The number of hydrogen-bond acceptors (Lipinski definition) is 2. The molecular weight excluding hydrogens is 323 g/mol. The van der Waals surface area contributed by atoms with E-state index in [0.29, 0.717) is 19.5 Å². The molecule has 0 saturated heterocycles. The van der Waals surface area contributed by atoms with E-state index in [-0.39, 0.29) is 11.3 Å². The normalized spacial score (nSPS) is 35.7. The standard InChI is InChI=1S/C16H24Cl2N2O2/c17-14(18)15(22)20-2-1-19-13(21)9-16-6-10-3-11(7-16)5-12(4-10)8-16/h10-12,14H,1-9H2,(H,19,21)(H,20,22). The van der Waals surface area contributed by atoms with Gasteiger partial charge in [-0.05, 0) is 61.7 Å². The molecule has 4 saturated carbocycles. The Balaban J connectivity index is 1.41. The van der Waals surface area contributed by atoms with Gasteiger partial charge >= 0.3 is 0 Å². The van der Waals surface area contributed by atoms with Gasteiger partial charge in [0.2, 0.25) is 5.91 Å². The van der Waals surface area contributed by atoms with E-state index in [1.165, 1.54) is 38.5 Å². The van der Waals surface area contributed by atoms with Crippen molar-refractivity contribution in [2.45, 2.75) is 49.8 Å². The first kappa shape index (κ1) is 16.4. The van der Waals surface area contributed by atoms with Gasteiger partial charge in [-0.25, -0.2) is 0 Å². The predicted octanol–water partition coefficient (Wildman–Crippen LogP) is 2.63. The van der Waals surface area contributed by atoms with E-state index in [9.17, 15) is 9.59 Å². The minimum atomic E-state index is -1.05. The van der Waals surface area contributed by atoms with E-state index in [1.54, 1.807) is 0 Å². The molecule has 4 aliphatic rings. The summed E-state index contributed by atoms with van der Waals surface area (Å²) in [4.78, 5) is 22.4. The van der Waals surface area contributed by atoms with Crippen molar-refractivity contribution < 1.29 is 9.59 Å². The first-order valence-electron chi connectivity index (χ1n) is 8.28. The molecule has 0 unspecified atom stereocenters. The summed E-state index contributed by atoms with van der Waals surface area (Å²) in [5.74, 6) is 2.29. The number of carbonyl (C=O) groups excluding carboxylic acids is 2. The fourth-order valence-electron chi connectivity index (χ4n) is 5.37. The van der Waals surface area contributed by atoms with Gasteiger partial charge in [-0.3, -0.25) is 9.59 Å². The zero-order valence-electron chi connectivity index (χ0n) is 12.7. The topological polar surface area (TPSA) is 58.2 Å². The molecule has 0 radical (unpaired) electrons. The SMILES string of the molecule is O=C(CC12CC3CC(CC(C3)C1)C2)NCCNC(=O)C(Cl)Cl. The predicted molar refractivity (Wildman–Crippen MR) is 86.7 cm³/mol. The molecule has 0 spiro atoms. The summed E-state index contributed by atoms with van der Waals surface area (Å²) in [7, 11) is 0. The second-order valence-corrected chi connectivity index (χ2v) is 8.63. The van der Waals surface area contributed by atoms with Crippen molar-refractivity contribution in [1.82, 2.24) is 10.6 Å². The van der Waals surface area contributed by atoms with Gasteiger partial charge in [-0.1, -0.05) is 23.2 Å². The van der Waals surface area contributed by atoms with Gasteiger partial charge < -0.3 is 10.6 Å². The highest BCUT2D eigenvalue weighted by molar-refractivity contribution is 6.53. The number of rotatable bonds is 6. The summed E-state index contributed by atoms with van der Waals surface area (Å²) in [6, 6.07) is 0. The average Bonchev–Trinajstić information content (AvgIpc) is 2.41. The summed E-state index contributed by atoms with van der Waals surface area (Å²) in [6.45, 7) is 0.791. The molecule has 0 atom stereocenters. The van der Waals surface area contributed by atoms with E-state index in [0.717, 1.165) is 17.8 Å². The number of carbonyl (C=O) groups is 2. The fourth-order valence-corrected chi connectivity index (χ4v) is 5.53. The van der Waals surface area contributed by atoms with Crippen molar-refractivity contribution in [1.29, 1.82) is 0 Å². The van der Waals surface area contributed by atoms with Crippen LogP contribution in [0.5, 0.6) is 0 Å². The van der Waals surface area contributed by atoms with E-state index in [4.69, 9.17) is 23.2 Å².